The smallest absolute Gasteiger partial charge is 0.123 e. The molecule has 4 heteroatoms. The molecule has 0 N–H and O–H groups in total. The zero-order valence-electron chi connectivity index (χ0n) is 15.6. The number of nitrogens with zero attached hydrogens (tertiary/aromatic N) is 3. The van der Waals surface area contributed by atoms with Gasteiger partial charge in [-0.05, 0) is 60.0 Å². The fourth-order valence-electron chi connectivity index (χ4n) is 3.26. The first-order valence-electron chi connectivity index (χ1n) is 9.16. The number of halogens is 1. The molecule has 28 heavy (non-hydrogen) atoms. The highest BCUT2D eigenvalue weighted by atomic mass is 19.1. The molecule has 0 saturated heterocycles. The van der Waals surface area contributed by atoms with Crippen molar-refractivity contribution in [3.8, 4) is 22.4 Å². The maximum Gasteiger partial charge on any atom is 0.123 e. The molecule has 0 aliphatic heterocycles. The third kappa shape index (κ3) is 3.76. The molecule has 3 nitrogen and oxygen atoms in total. The third-order valence-electron chi connectivity index (χ3n) is 4.65. The van der Waals surface area contributed by atoms with Crippen molar-refractivity contribution in [2.45, 2.75) is 6.42 Å². The molecule has 0 aliphatic carbocycles. The van der Waals surface area contributed by atoms with Crippen LogP contribution in [0.5, 0.6) is 0 Å². The van der Waals surface area contributed by atoms with E-state index in [1.54, 1.807) is 24.5 Å². The predicted octanol–water partition coefficient (Wildman–Crippen LogP) is 5.54. The monoisotopic (exact) mass is 369 g/mol. The average Bonchev–Trinajstić information content (AvgIpc) is 3.06. The maximum absolute atomic E-state index is 13.4. The first-order chi connectivity index (χ1) is 13.7. The molecular formula is C24H20FN3. The van der Waals surface area contributed by atoms with Crippen LogP contribution in [-0.4, -0.2) is 14.8 Å². The summed E-state index contributed by atoms with van der Waals surface area (Å²) in [6.07, 6.45) is 8.63. The molecule has 2 aromatic carbocycles. The Balaban J connectivity index is 1.78. The molecule has 0 spiro atoms. The molecule has 0 bridgehead atoms. The van der Waals surface area contributed by atoms with E-state index in [1.165, 1.54) is 17.7 Å². The van der Waals surface area contributed by atoms with Gasteiger partial charge in [-0.2, -0.15) is 5.10 Å². The summed E-state index contributed by atoms with van der Waals surface area (Å²) in [4.78, 5) is 4.13. The molecule has 0 amide bonds. The summed E-state index contributed by atoms with van der Waals surface area (Å²) in [5.74, 6) is -0.256. The van der Waals surface area contributed by atoms with Crippen molar-refractivity contribution >= 4 is 6.08 Å². The van der Waals surface area contributed by atoms with Gasteiger partial charge in [0.25, 0.3) is 0 Å². The molecule has 0 fully saturated rings. The number of hydrogen-bond donors (Lipinski definition) is 0. The first-order valence-corrected chi connectivity index (χ1v) is 9.16. The van der Waals surface area contributed by atoms with Gasteiger partial charge in [0.1, 0.15) is 11.5 Å². The van der Waals surface area contributed by atoms with E-state index in [1.807, 2.05) is 42.1 Å². The summed E-state index contributed by atoms with van der Waals surface area (Å²) in [5, 5.41) is 4.74. The van der Waals surface area contributed by atoms with Crippen molar-refractivity contribution < 1.29 is 4.39 Å². The minimum atomic E-state index is -0.256. The van der Waals surface area contributed by atoms with Crippen LogP contribution in [0.1, 0.15) is 11.3 Å². The van der Waals surface area contributed by atoms with Crippen molar-refractivity contribution in [3.05, 3.63) is 102 Å². The van der Waals surface area contributed by atoms with Crippen LogP contribution in [0.2, 0.25) is 0 Å². The molecule has 0 aliphatic rings. The van der Waals surface area contributed by atoms with Gasteiger partial charge in [-0.25, -0.2) is 4.39 Å². The summed E-state index contributed by atoms with van der Waals surface area (Å²) in [7, 11) is 1.93. The van der Waals surface area contributed by atoms with Gasteiger partial charge in [-0.3, -0.25) is 9.67 Å². The largest absolute Gasteiger partial charge is 0.267 e. The van der Waals surface area contributed by atoms with Crippen molar-refractivity contribution in [2.24, 2.45) is 7.05 Å². The Labute approximate surface area is 163 Å². The number of hydrogen-bond acceptors (Lipinski definition) is 2. The number of allylic oxidation sites excluding steroid dienone is 1. The number of aryl methyl sites for hydroxylation is 1. The maximum atomic E-state index is 13.4. The fourth-order valence-corrected chi connectivity index (χ4v) is 3.26. The highest BCUT2D eigenvalue weighted by Gasteiger charge is 2.17. The van der Waals surface area contributed by atoms with Gasteiger partial charge in [0.05, 0.1) is 5.69 Å². The van der Waals surface area contributed by atoms with Gasteiger partial charge < -0.3 is 0 Å². The van der Waals surface area contributed by atoms with Crippen LogP contribution in [-0.2, 0) is 13.5 Å². The van der Waals surface area contributed by atoms with Crippen LogP contribution < -0.4 is 0 Å². The van der Waals surface area contributed by atoms with Crippen molar-refractivity contribution in [1.29, 1.82) is 0 Å². The molecule has 2 heterocycles. The zero-order chi connectivity index (χ0) is 19.3. The van der Waals surface area contributed by atoms with Gasteiger partial charge >= 0.3 is 0 Å². The second-order valence-corrected chi connectivity index (χ2v) is 6.57. The Bertz CT molecular complexity index is 1080. The van der Waals surface area contributed by atoms with Crippen LogP contribution in [0.15, 0.2) is 85.2 Å². The minimum absolute atomic E-state index is 0.256. The van der Waals surface area contributed by atoms with Crippen LogP contribution in [0.3, 0.4) is 0 Å². The van der Waals surface area contributed by atoms with Crippen LogP contribution in [0.25, 0.3) is 28.5 Å². The van der Waals surface area contributed by atoms with E-state index in [2.05, 4.69) is 29.3 Å². The molecule has 0 radical (unpaired) electrons. The lowest BCUT2D eigenvalue weighted by atomic mass is 9.99. The first kappa shape index (κ1) is 17.9. The van der Waals surface area contributed by atoms with E-state index >= 15 is 0 Å². The van der Waals surface area contributed by atoms with Gasteiger partial charge in [0.2, 0.25) is 0 Å². The Morgan fingerprint density at radius 2 is 1.61 bits per heavy atom. The lowest BCUT2D eigenvalue weighted by Crippen LogP contribution is -1.94. The summed E-state index contributed by atoms with van der Waals surface area (Å²) in [6.45, 7) is 0. The summed E-state index contributed by atoms with van der Waals surface area (Å²) in [5.41, 5.74) is 6.01. The van der Waals surface area contributed by atoms with E-state index in [0.717, 1.165) is 34.5 Å². The standard InChI is InChI=1S/C24H20FN3/c1-28-22(9-5-8-18-6-3-2-4-7-18)23(19-14-16-26-17-15-19)24(27-28)20-10-12-21(25)13-11-20/h2-7,9-17H,8H2,1H3/b9-5+. The van der Waals surface area contributed by atoms with Crippen molar-refractivity contribution in [2.75, 3.05) is 0 Å². The number of rotatable bonds is 5. The Hall–Kier alpha value is -3.53. The molecule has 0 saturated carbocycles. The van der Waals surface area contributed by atoms with E-state index in [4.69, 9.17) is 5.10 Å². The zero-order valence-corrected chi connectivity index (χ0v) is 15.6. The quantitative estimate of drug-likeness (QED) is 0.462. The van der Waals surface area contributed by atoms with Crippen LogP contribution >= 0.6 is 0 Å². The summed E-state index contributed by atoms with van der Waals surface area (Å²) < 4.78 is 15.3. The third-order valence-corrected chi connectivity index (χ3v) is 4.65. The Morgan fingerprint density at radius 3 is 2.32 bits per heavy atom. The van der Waals surface area contributed by atoms with E-state index in [0.29, 0.717) is 0 Å². The van der Waals surface area contributed by atoms with Gasteiger partial charge in [0.15, 0.2) is 0 Å². The minimum Gasteiger partial charge on any atom is -0.267 e. The van der Waals surface area contributed by atoms with Gasteiger partial charge in [-0.1, -0.05) is 36.4 Å². The summed E-state index contributed by atoms with van der Waals surface area (Å²) >= 11 is 0. The second-order valence-electron chi connectivity index (χ2n) is 6.57. The summed E-state index contributed by atoms with van der Waals surface area (Å²) in [6, 6.07) is 20.7. The van der Waals surface area contributed by atoms with E-state index < -0.39 is 0 Å². The van der Waals surface area contributed by atoms with E-state index in [-0.39, 0.29) is 5.82 Å². The number of benzene rings is 2. The SMILES string of the molecule is Cn1nc(-c2ccc(F)cc2)c(-c2ccncc2)c1/C=C/Cc1ccccc1. The van der Waals surface area contributed by atoms with Crippen LogP contribution in [0, 0.1) is 5.82 Å². The molecule has 138 valence electrons. The molecule has 0 unspecified atom stereocenters. The highest BCUT2D eigenvalue weighted by molar-refractivity contribution is 5.86. The highest BCUT2D eigenvalue weighted by Crippen LogP contribution is 2.34. The molecule has 4 aromatic rings. The topological polar surface area (TPSA) is 30.7 Å². The average molecular weight is 369 g/mol. The van der Waals surface area contributed by atoms with E-state index in [9.17, 15) is 4.39 Å². The van der Waals surface area contributed by atoms with Gasteiger partial charge in [0, 0.05) is 30.6 Å². The lowest BCUT2D eigenvalue weighted by molar-refractivity contribution is 0.628. The van der Waals surface area contributed by atoms with Crippen LogP contribution in [0.4, 0.5) is 4.39 Å². The van der Waals surface area contributed by atoms with Crippen molar-refractivity contribution in [3.63, 3.8) is 0 Å². The van der Waals surface area contributed by atoms with Gasteiger partial charge in [-0.15, -0.1) is 0 Å². The molecular weight excluding hydrogens is 349 g/mol. The Morgan fingerprint density at radius 1 is 0.893 bits per heavy atom. The molecule has 4 rings (SSSR count). The predicted molar refractivity (Wildman–Crippen MR) is 111 cm³/mol. The second kappa shape index (κ2) is 8.01. The number of aromatic nitrogens is 3. The normalized spacial score (nSPS) is 11.2. The number of pyridine rings is 1. The molecule has 2 aromatic heterocycles. The Kier molecular flexibility index (Phi) is 5.11. The van der Waals surface area contributed by atoms with Crippen molar-refractivity contribution in [1.82, 2.24) is 14.8 Å². The lowest BCUT2D eigenvalue weighted by Gasteiger charge is -2.05. The molecule has 0 atom stereocenters. The fraction of sp³-hybridized carbons (Fsp3) is 0.0833.